The predicted molar refractivity (Wildman–Crippen MR) is 96.8 cm³/mol. The van der Waals surface area contributed by atoms with Crippen molar-refractivity contribution in [3.05, 3.63) is 17.0 Å². The van der Waals surface area contributed by atoms with Crippen LogP contribution in [0.4, 0.5) is 0 Å². The molecule has 0 aliphatic heterocycles. The molecule has 134 valence electrons. The molecule has 3 rings (SSSR count). The maximum absolute atomic E-state index is 12.6. The predicted octanol–water partition coefficient (Wildman–Crippen LogP) is 3.64. The van der Waals surface area contributed by atoms with Crippen LogP contribution in [-0.2, 0) is 17.8 Å². The first-order valence-corrected chi connectivity index (χ1v) is 9.67. The molecule has 4 nitrogen and oxygen atoms in total. The van der Waals surface area contributed by atoms with E-state index in [0.717, 1.165) is 35.3 Å². The largest absolute Gasteiger partial charge is 0.353 e. The summed E-state index contributed by atoms with van der Waals surface area (Å²) >= 11 is 0. The Morgan fingerprint density at radius 1 is 1.25 bits per heavy atom. The van der Waals surface area contributed by atoms with Gasteiger partial charge in [-0.05, 0) is 63.7 Å². The van der Waals surface area contributed by atoms with Gasteiger partial charge in [0.1, 0.15) is 0 Å². The minimum Gasteiger partial charge on any atom is -0.353 e. The second kappa shape index (κ2) is 6.89. The van der Waals surface area contributed by atoms with Crippen molar-refractivity contribution in [3.8, 4) is 0 Å². The average molecular weight is 332 g/mol. The van der Waals surface area contributed by atoms with Gasteiger partial charge in [0.15, 0.2) is 0 Å². The molecule has 2 saturated carbocycles. The molecule has 0 radical (unpaired) electrons. The van der Waals surface area contributed by atoms with Gasteiger partial charge in [-0.1, -0.05) is 20.3 Å². The van der Waals surface area contributed by atoms with Gasteiger partial charge in [-0.25, -0.2) is 0 Å². The summed E-state index contributed by atoms with van der Waals surface area (Å²) in [5, 5.41) is 7.91. The summed E-state index contributed by atoms with van der Waals surface area (Å²) in [4.78, 5) is 12.6. The van der Waals surface area contributed by atoms with Gasteiger partial charge in [0, 0.05) is 23.8 Å². The SMILES string of the molecule is Cc1nn(CC(C)C)c(C)c1CC(=O)N[C@H](C)[C@H]1C[C@H]2CC[C@H]1C2. The normalized spacial score (nSPS) is 27.0. The number of fused-ring (bicyclic) bond motifs is 2. The number of hydrogen-bond acceptors (Lipinski definition) is 2. The van der Waals surface area contributed by atoms with Crippen molar-refractivity contribution in [2.24, 2.45) is 23.7 Å². The van der Waals surface area contributed by atoms with Crippen molar-refractivity contribution in [1.82, 2.24) is 15.1 Å². The Hall–Kier alpha value is -1.32. The number of rotatable bonds is 6. The summed E-state index contributed by atoms with van der Waals surface area (Å²) in [7, 11) is 0. The highest BCUT2D eigenvalue weighted by Crippen LogP contribution is 2.49. The summed E-state index contributed by atoms with van der Waals surface area (Å²) in [5.74, 6) is 3.18. The third-order valence-electron chi connectivity index (χ3n) is 6.23. The summed E-state index contributed by atoms with van der Waals surface area (Å²) in [5.41, 5.74) is 3.24. The molecule has 1 aromatic heterocycles. The monoisotopic (exact) mass is 331 g/mol. The molecule has 4 atom stereocenters. The topological polar surface area (TPSA) is 46.9 Å². The van der Waals surface area contributed by atoms with E-state index >= 15 is 0 Å². The number of hydrogen-bond donors (Lipinski definition) is 1. The molecule has 0 saturated heterocycles. The highest BCUT2D eigenvalue weighted by molar-refractivity contribution is 5.79. The molecule has 24 heavy (non-hydrogen) atoms. The first kappa shape index (κ1) is 17.5. The van der Waals surface area contributed by atoms with Crippen LogP contribution in [0.25, 0.3) is 0 Å². The molecule has 0 spiro atoms. The molecule has 0 unspecified atom stereocenters. The second-order valence-electron chi connectivity index (χ2n) is 8.60. The Labute approximate surface area is 146 Å². The smallest absolute Gasteiger partial charge is 0.224 e. The Morgan fingerprint density at radius 3 is 2.58 bits per heavy atom. The van der Waals surface area contributed by atoms with Crippen LogP contribution in [-0.4, -0.2) is 21.7 Å². The third-order valence-corrected chi connectivity index (χ3v) is 6.23. The number of aromatic nitrogens is 2. The van der Waals surface area contributed by atoms with Crippen LogP contribution in [0.2, 0.25) is 0 Å². The molecular weight excluding hydrogens is 298 g/mol. The second-order valence-corrected chi connectivity index (χ2v) is 8.60. The average Bonchev–Trinajstić information content (AvgIpc) is 3.18. The van der Waals surface area contributed by atoms with Gasteiger partial charge < -0.3 is 5.32 Å². The van der Waals surface area contributed by atoms with Crippen LogP contribution in [0, 0.1) is 37.5 Å². The third kappa shape index (κ3) is 3.52. The fraction of sp³-hybridized carbons (Fsp3) is 0.800. The van der Waals surface area contributed by atoms with Crippen LogP contribution in [0.15, 0.2) is 0 Å². The first-order chi connectivity index (χ1) is 11.3. The van der Waals surface area contributed by atoms with Crippen molar-refractivity contribution in [3.63, 3.8) is 0 Å². The molecule has 1 heterocycles. The lowest BCUT2D eigenvalue weighted by atomic mass is 9.84. The quantitative estimate of drug-likeness (QED) is 0.865. The number of carbonyl (C=O) groups is 1. The Kier molecular flexibility index (Phi) is 5.03. The number of nitrogens with one attached hydrogen (secondary N) is 1. The van der Waals surface area contributed by atoms with Gasteiger partial charge >= 0.3 is 0 Å². The van der Waals surface area contributed by atoms with Gasteiger partial charge in [-0.15, -0.1) is 0 Å². The van der Waals surface area contributed by atoms with E-state index in [1.807, 2.05) is 6.92 Å². The molecule has 1 aromatic rings. The molecule has 2 aliphatic carbocycles. The number of aryl methyl sites for hydroxylation is 1. The minimum atomic E-state index is 0.153. The van der Waals surface area contributed by atoms with E-state index in [-0.39, 0.29) is 5.91 Å². The lowest BCUT2D eigenvalue weighted by Gasteiger charge is -2.28. The minimum absolute atomic E-state index is 0.153. The van der Waals surface area contributed by atoms with Gasteiger partial charge in [0.25, 0.3) is 0 Å². The van der Waals surface area contributed by atoms with Crippen LogP contribution in [0.5, 0.6) is 0 Å². The van der Waals surface area contributed by atoms with Crippen LogP contribution < -0.4 is 5.32 Å². The fourth-order valence-corrected chi connectivity index (χ4v) is 4.99. The summed E-state index contributed by atoms with van der Waals surface area (Å²) < 4.78 is 2.06. The van der Waals surface area contributed by atoms with Crippen LogP contribution in [0.1, 0.15) is 63.4 Å². The van der Waals surface area contributed by atoms with E-state index in [1.165, 1.54) is 25.7 Å². The Balaban J connectivity index is 1.59. The van der Waals surface area contributed by atoms with E-state index < -0.39 is 0 Å². The summed E-state index contributed by atoms with van der Waals surface area (Å²) in [6.07, 6.45) is 5.95. The van der Waals surface area contributed by atoms with Gasteiger partial charge in [0.05, 0.1) is 12.1 Å². The molecule has 2 bridgehead atoms. The zero-order valence-corrected chi connectivity index (χ0v) is 15.9. The maximum atomic E-state index is 12.6. The molecule has 1 N–H and O–H groups in total. The molecule has 2 fully saturated rings. The highest BCUT2D eigenvalue weighted by atomic mass is 16.1. The van der Waals surface area contributed by atoms with E-state index in [9.17, 15) is 4.79 Å². The molecule has 1 amide bonds. The van der Waals surface area contributed by atoms with Crippen molar-refractivity contribution in [1.29, 1.82) is 0 Å². The molecule has 0 aromatic carbocycles. The van der Waals surface area contributed by atoms with Crippen molar-refractivity contribution < 1.29 is 4.79 Å². The van der Waals surface area contributed by atoms with E-state index in [1.54, 1.807) is 0 Å². The van der Waals surface area contributed by atoms with E-state index in [0.29, 0.717) is 24.3 Å². The maximum Gasteiger partial charge on any atom is 0.224 e. The van der Waals surface area contributed by atoms with Gasteiger partial charge in [0.2, 0.25) is 5.91 Å². The van der Waals surface area contributed by atoms with Gasteiger partial charge in [-0.3, -0.25) is 9.48 Å². The number of carbonyl (C=O) groups excluding carboxylic acids is 1. The lowest BCUT2D eigenvalue weighted by molar-refractivity contribution is -0.121. The van der Waals surface area contributed by atoms with Crippen LogP contribution in [0.3, 0.4) is 0 Å². The van der Waals surface area contributed by atoms with Crippen molar-refractivity contribution >= 4 is 5.91 Å². The Bertz CT molecular complexity index is 604. The summed E-state index contributed by atoms with van der Waals surface area (Å²) in [6.45, 7) is 11.6. The van der Waals surface area contributed by atoms with Crippen LogP contribution >= 0.6 is 0 Å². The summed E-state index contributed by atoms with van der Waals surface area (Å²) in [6, 6.07) is 0.305. The first-order valence-electron chi connectivity index (χ1n) is 9.67. The molecular formula is C20H33N3O. The highest BCUT2D eigenvalue weighted by Gasteiger charge is 2.42. The Morgan fingerprint density at radius 2 is 2.00 bits per heavy atom. The van der Waals surface area contributed by atoms with E-state index in [2.05, 4.69) is 42.8 Å². The van der Waals surface area contributed by atoms with Gasteiger partial charge in [-0.2, -0.15) is 5.10 Å². The molecule has 4 heteroatoms. The zero-order valence-electron chi connectivity index (χ0n) is 15.9. The lowest BCUT2D eigenvalue weighted by Crippen LogP contribution is -2.40. The standard InChI is InChI=1S/C20H33N3O/c1-12(2)11-23-15(5)18(14(4)22-23)10-20(24)21-13(3)19-9-16-6-7-17(19)8-16/h12-13,16-17,19H,6-11H2,1-5H3,(H,21,24)/t13-,16+,17+,19-/m1/s1. The van der Waals surface area contributed by atoms with Crippen molar-refractivity contribution in [2.75, 3.05) is 0 Å². The van der Waals surface area contributed by atoms with Crippen molar-refractivity contribution in [2.45, 2.75) is 79.3 Å². The number of nitrogens with zero attached hydrogens (tertiary/aromatic N) is 2. The van der Waals surface area contributed by atoms with E-state index in [4.69, 9.17) is 0 Å². The molecule has 2 aliphatic rings. The fourth-order valence-electron chi connectivity index (χ4n) is 4.99. The number of amides is 1. The zero-order chi connectivity index (χ0) is 17.4.